The first-order valence-corrected chi connectivity index (χ1v) is 9.14. The number of hydrogen-bond acceptors (Lipinski definition) is 4. The first-order valence-electron chi connectivity index (χ1n) is 7.39. The van der Waals surface area contributed by atoms with Crippen LogP contribution in [0.15, 0.2) is 47.6 Å². The third-order valence-corrected chi connectivity index (χ3v) is 5.04. The molecule has 0 aliphatic rings. The molecule has 3 rings (SSSR count). The molecule has 2 N–H and O–H groups in total. The van der Waals surface area contributed by atoms with Gasteiger partial charge in [0.1, 0.15) is 0 Å². The van der Waals surface area contributed by atoms with Crippen molar-refractivity contribution >= 4 is 46.6 Å². The normalized spacial score (nSPS) is 10.7. The van der Waals surface area contributed by atoms with Crippen LogP contribution < -0.4 is 5.32 Å². The molecule has 25 heavy (non-hydrogen) atoms. The van der Waals surface area contributed by atoms with Crippen LogP contribution in [0.5, 0.6) is 0 Å². The molecule has 0 radical (unpaired) electrons. The summed E-state index contributed by atoms with van der Waals surface area (Å²) >= 11 is 13.5. The highest BCUT2D eigenvalue weighted by molar-refractivity contribution is 7.99. The van der Waals surface area contributed by atoms with Gasteiger partial charge in [0.15, 0.2) is 5.82 Å². The number of anilines is 1. The van der Waals surface area contributed by atoms with Crippen molar-refractivity contribution in [3.63, 3.8) is 0 Å². The van der Waals surface area contributed by atoms with Gasteiger partial charge in [-0.2, -0.15) is 0 Å². The molecule has 0 aliphatic heterocycles. The fourth-order valence-corrected chi connectivity index (χ4v) is 3.18. The number of nitrogens with one attached hydrogen (secondary N) is 2. The number of carbonyl (C=O) groups excluding carboxylic acids is 1. The van der Waals surface area contributed by atoms with Crippen molar-refractivity contribution in [3.05, 3.63) is 58.1 Å². The van der Waals surface area contributed by atoms with Crippen LogP contribution in [0.4, 0.5) is 5.69 Å². The van der Waals surface area contributed by atoms with Crippen molar-refractivity contribution < 1.29 is 4.79 Å². The first kappa shape index (κ1) is 17.8. The summed E-state index contributed by atoms with van der Waals surface area (Å²) in [5, 5.41) is 11.1. The maximum absolute atomic E-state index is 12.2. The Morgan fingerprint density at radius 3 is 2.72 bits per heavy atom. The zero-order valence-corrected chi connectivity index (χ0v) is 15.5. The maximum atomic E-state index is 12.2. The van der Waals surface area contributed by atoms with E-state index in [0.29, 0.717) is 26.7 Å². The summed E-state index contributed by atoms with van der Waals surface area (Å²) in [5.41, 5.74) is 2.20. The number of aromatic amines is 1. The highest BCUT2D eigenvalue weighted by Crippen LogP contribution is 2.33. The minimum absolute atomic E-state index is 0.146. The van der Waals surface area contributed by atoms with E-state index in [4.69, 9.17) is 23.2 Å². The number of halogens is 2. The Balaban J connectivity index is 1.62. The summed E-state index contributed by atoms with van der Waals surface area (Å²) in [7, 11) is 0. The maximum Gasteiger partial charge on any atom is 0.234 e. The fraction of sp³-hybridized carbons (Fsp3) is 0.118. The molecule has 0 fully saturated rings. The molecule has 128 valence electrons. The molecule has 0 aliphatic carbocycles. The summed E-state index contributed by atoms with van der Waals surface area (Å²) in [6.45, 7) is 1.85. The molecule has 1 heterocycles. The lowest BCUT2D eigenvalue weighted by Crippen LogP contribution is -2.15. The van der Waals surface area contributed by atoms with Gasteiger partial charge in [-0.3, -0.25) is 9.89 Å². The van der Waals surface area contributed by atoms with E-state index in [-0.39, 0.29) is 11.7 Å². The number of benzene rings is 2. The van der Waals surface area contributed by atoms with Crippen LogP contribution in [0.3, 0.4) is 0 Å². The van der Waals surface area contributed by atoms with Gasteiger partial charge < -0.3 is 5.32 Å². The Morgan fingerprint density at radius 1 is 1.20 bits per heavy atom. The number of rotatable bonds is 5. The van der Waals surface area contributed by atoms with E-state index in [1.807, 2.05) is 37.3 Å². The molecular formula is C17H14Cl2N4OS. The van der Waals surface area contributed by atoms with E-state index >= 15 is 0 Å². The van der Waals surface area contributed by atoms with Crippen molar-refractivity contribution in [2.45, 2.75) is 12.1 Å². The molecular weight excluding hydrogens is 379 g/mol. The second-order valence-electron chi connectivity index (χ2n) is 5.22. The topological polar surface area (TPSA) is 70.7 Å². The van der Waals surface area contributed by atoms with Gasteiger partial charge >= 0.3 is 0 Å². The number of amides is 1. The zero-order chi connectivity index (χ0) is 17.8. The third kappa shape index (κ3) is 4.34. The van der Waals surface area contributed by atoms with Crippen LogP contribution in [0, 0.1) is 6.92 Å². The van der Waals surface area contributed by atoms with Gasteiger partial charge in [-0.25, -0.2) is 4.98 Å². The average molecular weight is 393 g/mol. The number of nitrogens with zero attached hydrogens (tertiary/aromatic N) is 2. The Morgan fingerprint density at radius 2 is 1.96 bits per heavy atom. The SMILES string of the molecule is Cc1ccc(Cl)c(NC(=O)CSc2n[nH]c(-c3ccccc3)n2)c1Cl. The minimum atomic E-state index is -0.231. The smallest absolute Gasteiger partial charge is 0.234 e. The Bertz CT molecular complexity index is 899. The second kappa shape index (κ2) is 7.91. The monoisotopic (exact) mass is 392 g/mol. The quantitative estimate of drug-likeness (QED) is 0.610. The molecule has 0 spiro atoms. The standard InChI is InChI=1S/C17H14Cl2N4OS/c1-10-7-8-12(18)15(14(10)19)20-13(24)9-25-17-21-16(22-23-17)11-5-3-2-4-6-11/h2-8H,9H2,1H3,(H,20,24)(H,21,22,23). The van der Waals surface area contributed by atoms with Crippen LogP contribution in [-0.2, 0) is 4.79 Å². The largest absolute Gasteiger partial charge is 0.323 e. The predicted molar refractivity (Wildman–Crippen MR) is 102 cm³/mol. The van der Waals surface area contributed by atoms with Crippen molar-refractivity contribution in [3.8, 4) is 11.4 Å². The Labute approximate surface area is 159 Å². The lowest BCUT2D eigenvalue weighted by molar-refractivity contribution is -0.113. The van der Waals surface area contributed by atoms with Crippen LogP contribution in [0.25, 0.3) is 11.4 Å². The van der Waals surface area contributed by atoms with Gasteiger partial charge in [-0.15, -0.1) is 5.10 Å². The van der Waals surface area contributed by atoms with Gasteiger partial charge in [0, 0.05) is 5.56 Å². The minimum Gasteiger partial charge on any atom is -0.323 e. The summed E-state index contributed by atoms with van der Waals surface area (Å²) in [6, 6.07) is 13.1. The lowest BCUT2D eigenvalue weighted by Gasteiger charge is -2.10. The molecule has 0 saturated carbocycles. The van der Waals surface area contributed by atoms with Gasteiger partial charge in [-0.05, 0) is 18.6 Å². The van der Waals surface area contributed by atoms with Crippen molar-refractivity contribution in [1.82, 2.24) is 15.2 Å². The van der Waals surface area contributed by atoms with E-state index in [9.17, 15) is 4.79 Å². The number of hydrogen-bond donors (Lipinski definition) is 2. The molecule has 2 aromatic carbocycles. The molecule has 0 atom stereocenters. The number of aryl methyl sites for hydroxylation is 1. The highest BCUT2D eigenvalue weighted by atomic mass is 35.5. The van der Waals surface area contributed by atoms with Crippen LogP contribution in [0.2, 0.25) is 10.0 Å². The number of aromatic nitrogens is 3. The van der Waals surface area contributed by atoms with Crippen molar-refractivity contribution in [2.75, 3.05) is 11.1 Å². The summed E-state index contributed by atoms with van der Waals surface area (Å²) in [6.07, 6.45) is 0. The van der Waals surface area contributed by atoms with Crippen molar-refractivity contribution in [1.29, 1.82) is 0 Å². The molecule has 0 unspecified atom stereocenters. The molecule has 8 heteroatoms. The number of thioether (sulfide) groups is 1. The van der Waals surface area contributed by atoms with E-state index in [2.05, 4.69) is 20.5 Å². The zero-order valence-electron chi connectivity index (χ0n) is 13.2. The van der Waals surface area contributed by atoms with Gasteiger partial charge in [0.2, 0.25) is 11.1 Å². The summed E-state index contributed by atoms with van der Waals surface area (Å²) in [5.74, 6) is 0.575. The molecule has 5 nitrogen and oxygen atoms in total. The van der Waals surface area contributed by atoms with Gasteiger partial charge in [0.05, 0.1) is 21.5 Å². The van der Waals surface area contributed by atoms with E-state index in [1.165, 1.54) is 11.8 Å². The second-order valence-corrected chi connectivity index (χ2v) is 6.95. The number of carbonyl (C=O) groups is 1. The van der Waals surface area contributed by atoms with Crippen LogP contribution >= 0.6 is 35.0 Å². The molecule has 0 saturated heterocycles. The molecule has 1 aromatic heterocycles. The summed E-state index contributed by atoms with van der Waals surface area (Å²) in [4.78, 5) is 16.5. The van der Waals surface area contributed by atoms with E-state index in [1.54, 1.807) is 12.1 Å². The molecule has 0 bridgehead atoms. The van der Waals surface area contributed by atoms with E-state index < -0.39 is 0 Å². The fourth-order valence-electron chi connectivity index (χ4n) is 2.11. The van der Waals surface area contributed by atoms with Gasteiger partial charge in [-0.1, -0.05) is 71.4 Å². The third-order valence-electron chi connectivity index (χ3n) is 3.39. The van der Waals surface area contributed by atoms with Crippen molar-refractivity contribution in [2.24, 2.45) is 0 Å². The average Bonchev–Trinajstić information content (AvgIpc) is 3.10. The summed E-state index contributed by atoms with van der Waals surface area (Å²) < 4.78 is 0. The molecule has 1 amide bonds. The van der Waals surface area contributed by atoms with E-state index in [0.717, 1.165) is 11.1 Å². The van der Waals surface area contributed by atoms with Gasteiger partial charge in [0.25, 0.3) is 0 Å². The highest BCUT2D eigenvalue weighted by Gasteiger charge is 2.13. The Hall–Kier alpha value is -2.02. The first-order chi connectivity index (χ1) is 12.0. The van der Waals surface area contributed by atoms with Crippen LogP contribution in [-0.4, -0.2) is 26.8 Å². The number of H-pyrrole nitrogens is 1. The Kier molecular flexibility index (Phi) is 5.63. The van der Waals surface area contributed by atoms with Crippen LogP contribution in [0.1, 0.15) is 5.56 Å². The molecule has 3 aromatic rings. The lowest BCUT2D eigenvalue weighted by atomic mass is 10.2. The predicted octanol–water partition coefficient (Wildman–Crippen LogP) is 4.82.